The standard InChI is InChI=1S/C26H24N6O/c1-33-22-16-20(21-12-15-28-30-21)25-29-23(24(32(25)31-22)18-6-3-2-4-7-18)17-8-10-19(11-9-17)26(27)13-5-14-26/h2-4,6-12,15-16H,5,13-14,27H2,1H3,(H,28,30). The fourth-order valence-corrected chi connectivity index (χ4v) is 4.57. The van der Waals surface area contributed by atoms with Crippen molar-refractivity contribution in [1.82, 2.24) is 24.8 Å². The number of rotatable bonds is 5. The number of hydrogen-bond acceptors (Lipinski definition) is 5. The van der Waals surface area contributed by atoms with Crippen LogP contribution in [0.25, 0.3) is 39.4 Å². The van der Waals surface area contributed by atoms with Crippen LogP contribution in [-0.2, 0) is 5.54 Å². The molecule has 7 nitrogen and oxygen atoms in total. The first kappa shape index (κ1) is 19.7. The lowest BCUT2D eigenvalue weighted by atomic mass is 9.72. The number of ether oxygens (including phenoxy) is 1. The molecule has 7 heteroatoms. The molecular formula is C26H24N6O. The van der Waals surface area contributed by atoms with E-state index in [2.05, 4.69) is 46.6 Å². The largest absolute Gasteiger partial charge is 0.480 e. The number of H-pyrrole nitrogens is 1. The number of imidazole rings is 1. The molecule has 0 saturated heterocycles. The van der Waals surface area contributed by atoms with E-state index < -0.39 is 0 Å². The van der Waals surface area contributed by atoms with Crippen molar-refractivity contribution in [2.75, 3.05) is 7.11 Å². The van der Waals surface area contributed by atoms with Gasteiger partial charge in [-0.05, 0) is 30.9 Å². The highest BCUT2D eigenvalue weighted by Gasteiger charge is 2.34. The molecule has 3 heterocycles. The Bertz CT molecular complexity index is 1420. The van der Waals surface area contributed by atoms with E-state index >= 15 is 0 Å². The molecule has 0 bridgehead atoms. The van der Waals surface area contributed by atoms with Crippen LogP contribution in [0.1, 0.15) is 24.8 Å². The Morgan fingerprint density at radius 2 is 1.79 bits per heavy atom. The summed E-state index contributed by atoms with van der Waals surface area (Å²) < 4.78 is 7.40. The number of nitrogens with one attached hydrogen (secondary N) is 1. The Morgan fingerprint density at radius 3 is 2.42 bits per heavy atom. The number of aromatic nitrogens is 5. The maximum atomic E-state index is 6.55. The van der Waals surface area contributed by atoms with E-state index in [0.29, 0.717) is 5.88 Å². The van der Waals surface area contributed by atoms with Crippen LogP contribution in [0.15, 0.2) is 72.9 Å². The second-order valence-corrected chi connectivity index (χ2v) is 8.57. The van der Waals surface area contributed by atoms with Gasteiger partial charge in [-0.3, -0.25) is 5.10 Å². The van der Waals surface area contributed by atoms with Crippen molar-refractivity contribution in [3.8, 4) is 39.7 Å². The van der Waals surface area contributed by atoms with E-state index in [0.717, 1.165) is 52.3 Å². The first-order valence-corrected chi connectivity index (χ1v) is 11.1. The summed E-state index contributed by atoms with van der Waals surface area (Å²) in [5.41, 5.74) is 13.8. The SMILES string of the molecule is COc1cc(-c2ccn[nH]2)c2nc(-c3ccc(C4(N)CCC4)cc3)c(-c3ccccc3)n2n1. The molecule has 164 valence electrons. The van der Waals surface area contributed by atoms with Gasteiger partial charge in [0, 0.05) is 34.5 Å². The van der Waals surface area contributed by atoms with Gasteiger partial charge in [-0.15, -0.1) is 5.10 Å². The molecule has 1 fully saturated rings. The molecule has 3 N–H and O–H groups in total. The highest BCUT2D eigenvalue weighted by molar-refractivity contribution is 5.86. The van der Waals surface area contributed by atoms with E-state index in [1.807, 2.05) is 34.8 Å². The Kier molecular flexibility index (Phi) is 4.52. The van der Waals surface area contributed by atoms with Crippen molar-refractivity contribution < 1.29 is 4.74 Å². The summed E-state index contributed by atoms with van der Waals surface area (Å²) in [6, 6.07) is 22.5. The van der Waals surface area contributed by atoms with Gasteiger partial charge in [0.1, 0.15) is 5.69 Å². The molecule has 5 aromatic rings. The van der Waals surface area contributed by atoms with E-state index in [1.54, 1.807) is 13.3 Å². The van der Waals surface area contributed by atoms with Gasteiger partial charge in [0.2, 0.25) is 5.88 Å². The smallest absolute Gasteiger partial charge is 0.232 e. The molecular weight excluding hydrogens is 412 g/mol. The lowest BCUT2D eigenvalue weighted by Gasteiger charge is -2.38. The van der Waals surface area contributed by atoms with E-state index in [1.165, 1.54) is 12.0 Å². The Hall–Kier alpha value is -3.97. The quantitative estimate of drug-likeness (QED) is 0.413. The lowest BCUT2D eigenvalue weighted by Crippen LogP contribution is -2.43. The number of benzene rings is 2. The third-order valence-electron chi connectivity index (χ3n) is 6.59. The molecule has 2 aromatic carbocycles. The molecule has 33 heavy (non-hydrogen) atoms. The molecule has 0 atom stereocenters. The fraction of sp³-hybridized carbons (Fsp3) is 0.192. The molecule has 0 aliphatic heterocycles. The zero-order valence-electron chi connectivity index (χ0n) is 18.3. The Morgan fingerprint density at radius 1 is 1.00 bits per heavy atom. The maximum Gasteiger partial charge on any atom is 0.232 e. The van der Waals surface area contributed by atoms with Crippen LogP contribution in [0.5, 0.6) is 5.88 Å². The van der Waals surface area contributed by atoms with Crippen LogP contribution in [-0.4, -0.2) is 31.9 Å². The Balaban J connectivity index is 1.60. The molecule has 1 saturated carbocycles. The van der Waals surface area contributed by atoms with Gasteiger partial charge in [0.15, 0.2) is 5.65 Å². The molecule has 0 unspecified atom stereocenters. The topological polar surface area (TPSA) is 94.1 Å². The minimum absolute atomic E-state index is 0.192. The summed E-state index contributed by atoms with van der Waals surface area (Å²) in [4.78, 5) is 5.08. The number of aromatic amines is 1. The number of nitrogens with two attached hydrogens (primary N) is 1. The highest BCUT2D eigenvalue weighted by atomic mass is 16.5. The van der Waals surface area contributed by atoms with Crippen molar-refractivity contribution in [3.05, 3.63) is 78.5 Å². The van der Waals surface area contributed by atoms with Crippen molar-refractivity contribution in [2.24, 2.45) is 5.73 Å². The van der Waals surface area contributed by atoms with Crippen molar-refractivity contribution in [1.29, 1.82) is 0 Å². The third-order valence-corrected chi connectivity index (χ3v) is 6.59. The van der Waals surface area contributed by atoms with Gasteiger partial charge in [0.25, 0.3) is 0 Å². The first-order chi connectivity index (χ1) is 16.2. The summed E-state index contributed by atoms with van der Waals surface area (Å²) in [6.07, 6.45) is 4.98. The molecule has 1 aliphatic rings. The molecule has 6 rings (SSSR count). The van der Waals surface area contributed by atoms with Crippen LogP contribution < -0.4 is 10.5 Å². The Labute approximate surface area is 191 Å². The van der Waals surface area contributed by atoms with Gasteiger partial charge in [-0.2, -0.15) is 5.10 Å². The monoisotopic (exact) mass is 436 g/mol. The average Bonchev–Trinajstić information content (AvgIpc) is 3.51. The lowest BCUT2D eigenvalue weighted by molar-refractivity contribution is 0.253. The number of nitrogens with zero attached hydrogens (tertiary/aromatic N) is 4. The van der Waals surface area contributed by atoms with Crippen LogP contribution in [0.3, 0.4) is 0 Å². The van der Waals surface area contributed by atoms with Gasteiger partial charge in [-0.1, -0.05) is 54.6 Å². The maximum absolute atomic E-state index is 6.55. The van der Waals surface area contributed by atoms with Crippen LogP contribution in [0.4, 0.5) is 0 Å². The van der Waals surface area contributed by atoms with Crippen molar-refractivity contribution >= 4 is 5.65 Å². The molecule has 0 amide bonds. The van der Waals surface area contributed by atoms with E-state index in [4.69, 9.17) is 20.6 Å². The second kappa shape index (κ2) is 7.56. The predicted octanol–water partition coefficient (Wildman–Crippen LogP) is 4.80. The summed E-state index contributed by atoms with van der Waals surface area (Å²) in [5, 5.41) is 11.9. The predicted molar refractivity (Wildman–Crippen MR) is 128 cm³/mol. The van der Waals surface area contributed by atoms with Gasteiger partial charge < -0.3 is 10.5 Å². The summed E-state index contributed by atoms with van der Waals surface area (Å²) >= 11 is 0. The molecule has 3 aromatic heterocycles. The molecule has 0 spiro atoms. The van der Waals surface area contributed by atoms with Crippen LogP contribution in [0, 0.1) is 0 Å². The van der Waals surface area contributed by atoms with E-state index in [-0.39, 0.29) is 5.54 Å². The normalized spacial score (nSPS) is 14.8. The molecule has 1 aliphatic carbocycles. The fourth-order valence-electron chi connectivity index (χ4n) is 4.57. The summed E-state index contributed by atoms with van der Waals surface area (Å²) in [5.74, 6) is 0.499. The van der Waals surface area contributed by atoms with Crippen molar-refractivity contribution in [3.63, 3.8) is 0 Å². The van der Waals surface area contributed by atoms with Crippen LogP contribution >= 0.6 is 0 Å². The average molecular weight is 437 g/mol. The number of hydrogen-bond donors (Lipinski definition) is 2. The zero-order valence-corrected chi connectivity index (χ0v) is 18.3. The van der Waals surface area contributed by atoms with Gasteiger partial charge in [-0.25, -0.2) is 9.50 Å². The van der Waals surface area contributed by atoms with Crippen molar-refractivity contribution in [2.45, 2.75) is 24.8 Å². The zero-order chi connectivity index (χ0) is 22.4. The summed E-state index contributed by atoms with van der Waals surface area (Å²) in [7, 11) is 1.62. The second-order valence-electron chi connectivity index (χ2n) is 8.57. The van der Waals surface area contributed by atoms with Gasteiger partial charge in [0.05, 0.1) is 18.5 Å². The van der Waals surface area contributed by atoms with Crippen LogP contribution in [0.2, 0.25) is 0 Å². The first-order valence-electron chi connectivity index (χ1n) is 11.1. The summed E-state index contributed by atoms with van der Waals surface area (Å²) in [6.45, 7) is 0. The minimum atomic E-state index is -0.192. The number of fused-ring (bicyclic) bond motifs is 1. The van der Waals surface area contributed by atoms with E-state index in [9.17, 15) is 0 Å². The molecule has 0 radical (unpaired) electrons. The highest BCUT2D eigenvalue weighted by Crippen LogP contribution is 2.40. The van der Waals surface area contributed by atoms with Gasteiger partial charge >= 0.3 is 0 Å². The minimum Gasteiger partial charge on any atom is -0.480 e. The number of methoxy groups -OCH3 is 1. The third kappa shape index (κ3) is 3.20.